The number of rotatable bonds is 13. The summed E-state index contributed by atoms with van der Waals surface area (Å²) < 4.78 is 12.1. The molecule has 1 fully saturated rings. The number of Topliss-reactive ketones (excluding diaryl/α,β-unsaturated/α-hetero) is 1. The number of alkyl carbamates (subject to hydrolysis) is 1. The summed E-state index contributed by atoms with van der Waals surface area (Å²) in [5.41, 5.74) is 1.51. The topological polar surface area (TPSA) is 136 Å². The molecule has 4 rings (SSSR count). The van der Waals surface area contributed by atoms with Gasteiger partial charge in [0.25, 0.3) is 5.56 Å². The van der Waals surface area contributed by atoms with E-state index in [0.717, 1.165) is 11.0 Å². The predicted octanol–water partition coefficient (Wildman–Crippen LogP) is 2.82. The number of aromatic nitrogens is 3. The summed E-state index contributed by atoms with van der Waals surface area (Å²) >= 11 is 0. The number of pyridine rings is 1. The molecule has 1 aliphatic carbocycles. The zero-order valence-corrected chi connectivity index (χ0v) is 23.0. The van der Waals surface area contributed by atoms with Crippen LogP contribution in [0.25, 0.3) is 11.0 Å². The standard InChI is InChI=1S/C29H35N5O6/c1-33(2)26(36)12-5-4-9-21(31-29(38)39-3)23(35)16-20-8-7-15-34(28(20)37)17-25-30-22-10-6-11-24(27(22)32-25)40-18-19-13-14-19/h5-8,10-12,15,19,21H,4,9,13-14,16-18H2,1-3H3,(H,30,32)(H,31,38)/b12-5+/t21-/m0/s1. The molecule has 40 heavy (non-hydrogen) atoms. The Hall–Kier alpha value is -4.41. The maximum absolute atomic E-state index is 13.3. The molecule has 0 spiro atoms. The third kappa shape index (κ3) is 7.58. The van der Waals surface area contributed by atoms with Crippen LogP contribution in [0, 0.1) is 5.92 Å². The number of ether oxygens (including phenoxy) is 2. The van der Waals surface area contributed by atoms with E-state index in [4.69, 9.17) is 4.74 Å². The molecule has 3 aromatic rings. The summed E-state index contributed by atoms with van der Waals surface area (Å²) in [4.78, 5) is 59.4. The number of allylic oxidation sites excluding steroid dienone is 1. The van der Waals surface area contributed by atoms with Crippen LogP contribution >= 0.6 is 0 Å². The van der Waals surface area contributed by atoms with Gasteiger partial charge < -0.3 is 29.2 Å². The lowest BCUT2D eigenvalue weighted by molar-refractivity contribution is -0.123. The van der Waals surface area contributed by atoms with Gasteiger partial charge in [-0.1, -0.05) is 18.2 Å². The SMILES string of the molecule is COC(=O)N[C@@H](CC/C=C/C(=O)N(C)C)C(=O)Cc1cccn(Cc2nc3c(OCC4CC4)cccc3[nH]2)c1=O. The number of para-hydroxylation sites is 1. The monoisotopic (exact) mass is 549 g/mol. The molecule has 1 aromatic carbocycles. The molecule has 1 saturated carbocycles. The van der Waals surface area contributed by atoms with Gasteiger partial charge >= 0.3 is 6.09 Å². The molecule has 0 bridgehead atoms. The summed E-state index contributed by atoms with van der Waals surface area (Å²) in [7, 11) is 4.49. The van der Waals surface area contributed by atoms with Crippen LogP contribution in [0.2, 0.25) is 0 Å². The lowest BCUT2D eigenvalue weighted by atomic mass is 10.0. The van der Waals surface area contributed by atoms with Crippen molar-refractivity contribution in [3.63, 3.8) is 0 Å². The summed E-state index contributed by atoms with van der Waals surface area (Å²) in [6.07, 6.45) is 6.78. The Kier molecular flexibility index (Phi) is 9.36. The Morgan fingerprint density at radius 3 is 2.75 bits per heavy atom. The maximum atomic E-state index is 13.3. The van der Waals surface area contributed by atoms with Crippen LogP contribution in [0.15, 0.2) is 53.5 Å². The highest BCUT2D eigenvalue weighted by molar-refractivity contribution is 5.89. The van der Waals surface area contributed by atoms with Gasteiger partial charge in [0.2, 0.25) is 5.91 Å². The van der Waals surface area contributed by atoms with Gasteiger partial charge in [0, 0.05) is 32.3 Å². The van der Waals surface area contributed by atoms with E-state index in [0.29, 0.717) is 36.1 Å². The number of likely N-dealkylation sites (N-methyl/N-ethyl adjacent to an activating group) is 1. The molecule has 11 heteroatoms. The van der Waals surface area contributed by atoms with E-state index in [9.17, 15) is 19.2 Å². The largest absolute Gasteiger partial charge is 0.491 e. The molecule has 0 unspecified atom stereocenters. The predicted molar refractivity (Wildman–Crippen MR) is 149 cm³/mol. The van der Waals surface area contributed by atoms with Gasteiger partial charge in [0.1, 0.15) is 17.1 Å². The number of ketones is 1. The van der Waals surface area contributed by atoms with Gasteiger partial charge in [-0.05, 0) is 55.9 Å². The van der Waals surface area contributed by atoms with Gasteiger partial charge in [-0.3, -0.25) is 14.4 Å². The van der Waals surface area contributed by atoms with Gasteiger partial charge in [0.05, 0.1) is 31.8 Å². The second-order valence-corrected chi connectivity index (χ2v) is 10.1. The third-order valence-electron chi connectivity index (χ3n) is 6.67. The maximum Gasteiger partial charge on any atom is 0.407 e. The number of imidazole rings is 1. The number of hydrogen-bond acceptors (Lipinski definition) is 7. The fraction of sp³-hybridized carbons (Fsp3) is 0.414. The fourth-order valence-electron chi connectivity index (χ4n) is 4.17. The number of nitrogens with one attached hydrogen (secondary N) is 2. The van der Waals surface area contributed by atoms with Crippen molar-refractivity contribution in [2.45, 2.75) is 44.7 Å². The summed E-state index contributed by atoms with van der Waals surface area (Å²) in [6, 6.07) is 8.12. The minimum Gasteiger partial charge on any atom is -0.491 e. The van der Waals surface area contributed by atoms with Crippen molar-refractivity contribution in [1.29, 1.82) is 0 Å². The van der Waals surface area contributed by atoms with Crippen LogP contribution < -0.4 is 15.6 Å². The van der Waals surface area contributed by atoms with Crippen LogP contribution in [-0.2, 0) is 27.3 Å². The van der Waals surface area contributed by atoms with Crippen molar-refractivity contribution in [1.82, 2.24) is 24.8 Å². The van der Waals surface area contributed by atoms with E-state index < -0.39 is 12.1 Å². The minimum absolute atomic E-state index is 0.173. The van der Waals surface area contributed by atoms with Gasteiger partial charge in [-0.2, -0.15) is 0 Å². The minimum atomic E-state index is -0.885. The molecule has 212 valence electrons. The molecule has 0 radical (unpaired) electrons. The highest BCUT2D eigenvalue weighted by atomic mass is 16.5. The Morgan fingerprint density at radius 2 is 2.02 bits per heavy atom. The molecular formula is C29H35N5O6. The smallest absolute Gasteiger partial charge is 0.407 e. The van der Waals surface area contributed by atoms with E-state index >= 15 is 0 Å². The molecule has 1 aliphatic rings. The number of H-pyrrole nitrogens is 1. The second kappa shape index (κ2) is 13.1. The van der Waals surface area contributed by atoms with Crippen molar-refractivity contribution < 1.29 is 23.9 Å². The van der Waals surface area contributed by atoms with Crippen molar-refractivity contribution in [2.24, 2.45) is 5.92 Å². The molecule has 1 atom stereocenters. The molecule has 2 N–H and O–H groups in total. The lowest BCUT2D eigenvalue weighted by Gasteiger charge is -2.16. The van der Waals surface area contributed by atoms with Gasteiger partial charge in [0.15, 0.2) is 5.78 Å². The number of hydrogen-bond donors (Lipinski definition) is 2. The van der Waals surface area contributed by atoms with Crippen LogP contribution in [0.5, 0.6) is 5.75 Å². The molecule has 11 nitrogen and oxygen atoms in total. The Bertz CT molecular complexity index is 1450. The van der Waals surface area contributed by atoms with Crippen LogP contribution in [0.3, 0.4) is 0 Å². The molecule has 2 aromatic heterocycles. The number of benzene rings is 1. The van der Waals surface area contributed by atoms with E-state index in [1.54, 1.807) is 38.5 Å². The zero-order valence-electron chi connectivity index (χ0n) is 23.0. The third-order valence-corrected chi connectivity index (χ3v) is 6.67. The molecular weight excluding hydrogens is 514 g/mol. The number of carbonyl (C=O) groups is 3. The second-order valence-electron chi connectivity index (χ2n) is 10.1. The Balaban J connectivity index is 1.45. The first kappa shape index (κ1) is 28.6. The number of aromatic amines is 1. The number of methoxy groups -OCH3 is 1. The fourth-order valence-corrected chi connectivity index (χ4v) is 4.17. The van der Waals surface area contributed by atoms with Crippen molar-refractivity contribution in [2.75, 3.05) is 27.8 Å². The molecule has 0 saturated heterocycles. The summed E-state index contributed by atoms with van der Waals surface area (Å²) in [5, 5.41) is 2.54. The number of amides is 2. The quantitative estimate of drug-likeness (QED) is 0.313. The van der Waals surface area contributed by atoms with Crippen molar-refractivity contribution in [3.8, 4) is 5.75 Å². The number of fused-ring (bicyclic) bond motifs is 1. The van der Waals surface area contributed by atoms with E-state index in [-0.39, 0.29) is 36.6 Å². The Morgan fingerprint density at radius 1 is 1.23 bits per heavy atom. The van der Waals surface area contributed by atoms with E-state index in [1.165, 1.54) is 35.5 Å². The normalized spacial score (nSPS) is 13.8. The summed E-state index contributed by atoms with van der Waals surface area (Å²) in [5.74, 6) is 1.40. The molecule has 0 aliphatic heterocycles. The lowest BCUT2D eigenvalue weighted by Crippen LogP contribution is -2.42. The Labute approximate surface area is 232 Å². The van der Waals surface area contributed by atoms with Crippen molar-refractivity contribution >= 4 is 28.8 Å². The first-order chi connectivity index (χ1) is 19.2. The van der Waals surface area contributed by atoms with Crippen molar-refractivity contribution in [3.05, 3.63) is 70.4 Å². The highest BCUT2D eigenvalue weighted by Crippen LogP contribution is 2.31. The highest BCUT2D eigenvalue weighted by Gasteiger charge is 2.23. The number of carbonyl (C=O) groups excluding carboxylic acids is 3. The van der Waals surface area contributed by atoms with E-state index in [2.05, 4.69) is 20.0 Å². The number of nitrogens with zero attached hydrogens (tertiary/aromatic N) is 3. The van der Waals surface area contributed by atoms with Crippen LogP contribution in [0.1, 0.15) is 37.1 Å². The first-order valence-corrected chi connectivity index (χ1v) is 13.3. The van der Waals surface area contributed by atoms with Crippen LogP contribution in [-0.4, -0.2) is 71.1 Å². The van der Waals surface area contributed by atoms with Gasteiger partial charge in [-0.25, -0.2) is 9.78 Å². The van der Waals surface area contributed by atoms with Crippen LogP contribution in [0.4, 0.5) is 4.79 Å². The molecule has 2 amide bonds. The zero-order chi connectivity index (χ0) is 28.6. The summed E-state index contributed by atoms with van der Waals surface area (Å²) in [6.45, 7) is 0.860. The van der Waals surface area contributed by atoms with Gasteiger partial charge in [-0.15, -0.1) is 0 Å². The average Bonchev–Trinajstić information content (AvgIpc) is 3.67. The average molecular weight is 550 g/mol. The first-order valence-electron chi connectivity index (χ1n) is 13.3. The van der Waals surface area contributed by atoms with E-state index in [1.807, 2.05) is 18.2 Å². The molecule has 2 heterocycles.